The molecule has 1 fully saturated rings. The highest BCUT2D eigenvalue weighted by atomic mass is 16.5. The van der Waals surface area contributed by atoms with Gasteiger partial charge in [-0.25, -0.2) is 0 Å². The molecule has 4 unspecified atom stereocenters. The van der Waals surface area contributed by atoms with Crippen molar-refractivity contribution >= 4 is 11.9 Å². The van der Waals surface area contributed by atoms with Gasteiger partial charge in [-0.2, -0.15) is 0 Å². The number of carbonyl (C=O) groups excluding carboxylic acids is 1. The van der Waals surface area contributed by atoms with E-state index >= 15 is 0 Å². The second kappa shape index (κ2) is 6.86. The van der Waals surface area contributed by atoms with Crippen molar-refractivity contribution in [1.29, 1.82) is 0 Å². The first-order chi connectivity index (χ1) is 8.88. The van der Waals surface area contributed by atoms with E-state index in [1.54, 1.807) is 0 Å². The number of amides is 1. The molecule has 19 heavy (non-hydrogen) atoms. The lowest BCUT2D eigenvalue weighted by Crippen LogP contribution is -2.44. The topological polar surface area (TPSA) is 76.1 Å². The van der Waals surface area contributed by atoms with E-state index in [2.05, 4.69) is 0 Å². The van der Waals surface area contributed by atoms with Gasteiger partial charge < -0.3 is 19.5 Å². The van der Waals surface area contributed by atoms with Crippen LogP contribution in [0, 0.1) is 11.8 Å². The van der Waals surface area contributed by atoms with Crippen molar-refractivity contribution in [2.45, 2.75) is 33.0 Å². The first kappa shape index (κ1) is 15.9. The van der Waals surface area contributed by atoms with Gasteiger partial charge >= 0.3 is 5.97 Å². The Morgan fingerprint density at radius 3 is 2.32 bits per heavy atom. The molecular weight excluding hydrogens is 250 g/mol. The van der Waals surface area contributed by atoms with Crippen LogP contribution in [0.2, 0.25) is 0 Å². The molecule has 0 spiro atoms. The summed E-state index contributed by atoms with van der Waals surface area (Å²) in [7, 11) is 1.52. The van der Waals surface area contributed by atoms with Gasteiger partial charge in [0.15, 0.2) is 0 Å². The maximum absolute atomic E-state index is 12.5. The summed E-state index contributed by atoms with van der Waals surface area (Å²) >= 11 is 0. The zero-order valence-corrected chi connectivity index (χ0v) is 12.0. The van der Waals surface area contributed by atoms with Gasteiger partial charge in [-0.1, -0.05) is 6.92 Å². The van der Waals surface area contributed by atoms with Crippen molar-refractivity contribution in [3.63, 3.8) is 0 Å². The van der Waals surface area contributed by atoms with Crippen LogP contribution >= 0.6 is 0 Å². The van der Waals surface area contributed by atoms with Crippen molar-refractivity contribution in [3.05, 3.63) is 0 Å². The Bertz CT molecular complexity index is 333. The number of ether oxygens (including phenoxy) is 2. The lowest BCUT2D eigenvalue weighted by Gasteiger charge is -2.27. The van der Waals surface area contributed by atoms with E-state index in [1.807, 2.05) is 20.8 Å². The summed E-state index contributed by atoms with van der Waals surface area (Å²) in [4.78, 5) is 24.7. The minimum Gasteiger partial charge on any atom is -0.480 e. The predicted octanol–water partition coefficient (Wildman–Crippen LogP) is 0.606. The summed E-state index contributed by atoms with van der Waals surface area (Å²) in [6, 6.07) is 0. The summed E-state index contributed by atoms with van der Waals surface area (Å²) in [6.07, 6.45) is -0.172. The molecule has 6 heteroatoms. The minimum absolute atomic E-state index is 0.0121. The van der Waals surface area contributed by atoms with Gasteiger partial charge in [0.2, 0.25) is 5.91 Å². The van der Waals surface area contributed by atoms with E-state index in [-0.39, 0.29) is 43.0 Å². The first-order valence-corrected chi connectivity index (χ1v) is 6.53. The number of carbonyl (C=O) groups is 2. The average molecular weight is 273 g/mol. The number of methoxy groups -OCH3 is 1. The molecule has 4 atom stereocenters. The molecule has 1 aliphatic rings. The Hall–Kier alpha value is -1.14. The van der Waals surface area contributed by atoms with Gasteiger partial charge in [0.1, 0.15) is 6.54 Å². The smallest absolute Gasteiger partial charge is 0.323 e. The fraction of sp³-hybridized carbons (Fsp3) is 0.846. The monoisotopic (exact) mass is 273 g/mol. The van der Waals surface area contributed by atoms with E-state index in [0.29, 0.717) is 6.61 Å². The molecule has 0 saturated carbocycles. The van der Waals surface area contributed by atoms with E-state index in [9.17, 15) is 9.59 Å². The molecule has 1 aliphatic heterocycles. The number of rotatable bonds is 6. The summed E-state index contributed by atoms with van der Waals surface area (Å²) in [5.41, 5.74) is 0. The molecule has 1 heterocycles. The van der Waals surface area contributed by atoms with Crippen molar-refractivity contribution in [2.24, 2.45) is 11.8 Å². The standard InChI is InChI=1S/C13H23NO5/c1-8-9(2)19-10(3)12(8)13(17)14(5-6-18-4)7-11(15)16/h8-10,12H,5-7H2,1-4H3,(H,15,16). The van der Waals surface area contributed by atoms with Crippen LogP contribution in [0.5, 0.6) is 0 Å². The van der Waals surface area contributed by atoms with E-state index in [4.69, 9.17) is 14.6 Å². The van der Waals surface area contributed by atoms with E-state index in [0.717, 1.165) is 0 Å². The second-order valence-electron chi connectivity index (χ2n) is 5.08. The van der Waals surface area contributed by atoms with Gasteiger partial charge in [-0.15, -0.1) is 0 Å². The molecule has 0 aromatic rings. The Balaban J connectivity index is 2.77. The summed E-state index contributed by atoms with van der Waals surface area (Å²) in [6.45, 7) is 6.07. The van der Waals surface area contributed by atoms with E-state index in [1.165, 1.54) is 12.0 Å². The quantitative estimate of drug-likeness (QED) is 0.767. The molecule has 0 aliphatic carbocycles. The van der Waals surface area contributed by atoms with Crippen LogP contribution < -0.4 is 0 Å². The highest BCUT2D eigenvalue weighted by molar-refractivity contribution is 5.84. The molecule has 0 aromatic heterocycles. The fourth-order valence-electron chi connectivity index (χ4n) is 2.54. The number of hydrogen-bond acceptors (Lipinski definition) is 4. The fourth-order valence-corrected chi connectivity index (χ4v) is 2.54. The third kappa shape index (κ3) is 3.91. The zero-order chi connectivity index (χ0) is 14.6. The van der Waals surface area contributed by atoms with Gasteiger partial charge in [0, 0.05) is 13.7 Å². The van der Waals surface area contributed by atoms with Crippen molar-refractivity contribution < 1.29 is 24.2 Å². The van der Waals surface area contributed by atoms with Gasteiger partial charge in [-0.05, 0) is 19.8 Å². The minimum atomic E-state index is -1.02. The zero-order valence-electron chi connectivity index (χ0n) is 12.0. The SMILES string of the molecule is COCCN(CC(=O)O)C(=O)C1C(C)OC(C)C1C. The number of carboxylic acid groups (broad SMARTS) is 1. The molecule has 1 N–H and O–H groups in total. The van der Waals surface area contributed by atoms with Crippen molar-refractivity contribution in [2.75, 3.05) is 26.8 Å². The lowest BCUT2D eigenvalue weighted by molar-refractivity contribution is -0.148. The molecule has 1 saturated heterocycles. The van der Waals surface area contributed by atoms with Crippen LogP contribution in [0.15, 0.2) is 0 Å². The van der Waals surface area contributed by atoms with Crippen LogP contribution in [0.1, 0.15) is 20.8 Å². The van der Waals surface area contributed by atoms with Crippen LogP contribution in [0.4, 0.5) is 0 Å². The Morgan fingerprint density at radius 2 is 1.89 bits per heavy atom. The summed E-state index contributed by atoms with van der Waals surface area (Å²) < 4.78 is 10.6. The van der Waals surface area contributed by atoms with Crippen LogP contribution in [0.3, 0.4) is 0 Å². The number of aliphatic carboxylic acids is 1. The lowest BCUT2D eigenvalue weighted by atomic mass is 9.88. The number of nitrogens with zero attached hydrogens (tertiary/aromatic N) is 1. The molecule has 1 amide bonds. The third-order valence-electron chi connectivity index (χ3n) is 3.73. The predicted molar refractivity (Wildman–Crippen MR) is 68.8 cm³/mol. The van der Waals surface area contributed by atoms with Crippen molar-refractivity contribution in [1.82, 2.24) is 4.90 Å². The average Bonchev–Trinajstić information content (AvgIpc) is 2.57. The molecule has 6 nitrogen and oxygen atoms in total. The van der Waals surface area contributed by atoms with E-state index < -0.39 is 5.97 Å². The molecular formula is C13H23NO5. The molecule has 1 rings (SSSR count). The van der Waals surface area contributed by atoms with Gasteiger partial charge in [-0.3, -0.25) is 9.59 Å². The van der Waals surface area contributed by atoms with Crippen LogP contribution in [0.25, 0.3) is 0 Å². The van der Waals surface area contributed by atoms with Crippen molar-refractivity contribution in [3.8, 4) is 0 Å². The Morgan fingerprint density at radius 1 is 1.26 bits per heavy atom. The van der Waals surface area contributed by atoms with Gasteiger partial charge in [0.25, 0.3) is 0 Å². The molecule has 0 radical (unpaired) electrons. The molecule has 110 valence electrons. The van der Waals surface area contributed by atoms with Crippen LogP contribution in [-0.2, 0) is 19.1 Å². The molecule has 0 bridgehead atoms. The normalized spacial score (nSPS) is 30.3. The van der Waals surface area contributed by atoms with Crippen LogP contribution in [-0.4, -0.2) is 60.9 Å². The van der Waals surface area contributed by atoms with Gasteiger partial charge in [0.05, 0.1) is 24.7 Å². The number of hydrogen-bond donors (Lipinski definition) is 1. The largest absolute Gasteiger partial charge is 0.480 e. The summed E-state index contributed by atoms with van der Waals surface area (Å²) in [5, 5.41) is 8.89. The maximum atomic E-state index is 12.5. The Labute approximate surface area is 113 Å². The highest BCUT2D eigenvalue weighted by Gasteiger charge is 2.43. The second-order valence-corrected chi connectivity index (χ2v) is 5.08. The highest BCUT2D eigenvalue weighted by Crippen LogP contribution is 2.33. The maximum Gasteiger partial charge on any atom is 0.323 e. The number of carboxylic acids is 1. The Kier molecular flexibility index (Phi) is 5.75. The third-order valence-corrected chi connectivity index (χ3v) is 3.73. The first-order valence-electron chi connectivity index (χ1n) is 6.53. The summed E-state index contributed by atoms with van der Waals surface area (Å²) in [5.74, 6) is -1.38. The molecule has 0 aromatic carbocycles.